The Balaban J connectivity index is 1.98. The first-order valence-corrected chi connectivity index (χ1v) is 10.6. The fraction of sp³-hybridized carbons (Fsp3) is 0.556. The smallest absolute Gasteiger partial charge is 0.226 e. The van der Waals surface area contributed by atoms with Gasteiger partial charge in [-0.05, 0) is 39.2 Å². The van der Waals surface area contributed by atoms with Crippen molar-refractivity contribution in [3.05, 3.63) is 23.9 Å². The van der Waals surface area contributed by atoms with Crippen molar-refractivity contribution >= 4 is 26.7 Å². The molecule has 1 unspecified atom stereocenters. The number of aryl methyl sites for hydroxylation is 1. The highest BCUT2D eigenvalue weighted by atomic mass is 32.2. The normalized spacial score (nSPS) is 19.1. The van der Waals surface area contributed by atoms with E-state index in [4.69, 9.17) is 4.74 Å². The summed E-state index contributed by atoms with van der Waals surface area (Å²) in [5.41, 5.74) is 1.50. The number of fused-ring (bicyclic) bond motifs is 1. The molecule has 0 N–H and O–H groups in total. The Hall–Kier alpha value is -1.77. The number of ether oxygens (including phenoxy) is 1. The van der Waals surface area contributed by atoms with E-state index in [1.165, 1.54) is 6.26 Å². The molecule has 1 aromatic carbocycles. The lowest BCUT2D eigenvalue weighted by atomic mass is 10.1. The first kappa shape index (κ1) is 19.0. The van der Waals surface area contributed by atoms with Gasteiger partial charge in [0.1, 0.15) is 0 Å². The van der Waals surface area contributed by atoms with E-state index < -0.39 is 9.84 Å². The third-order valence-electron chi connectivity index (χ3n) is 4.52. The van der Waals surface area contributed by atoms with Crippen molar-refractivity contribution in [1.29, 1.82) is 0 Å². The molecule has 1 aliphatic heterocycles. The van der Waals surface area contributed by atoms with Crippen molar-refractivity contribution in [1.82, 2.24) is 14.9 Å². The zero-order valence-electron chi connectivity index (χ0n) is 15.8. The second-order valence-electron chi connectivity index (χ2n) is 7.21. The van der Waals surface area contributed by atoms with Crippen LogP contribution in [0.15, 0.2) is 23.1 Å². The van der Waals surface area contributed by atoms with Crippen LogP contribution in [-0.4, -0.2) is 76.5 Å². The maximum Gasteiger partial charge on any atom is 0.226 e. The highest BCUT2D eigenvalue weighted by molar-refractivity contribution is 7.90. The van der Waals surface area contributed by atoms with E-state index >= 15 is 0 Å². The van der Waals surface area contributed by atoms with Crippen LogP contribution in [0.1, 0.15) is 5.69 Å². The van der Waals surface area contributed by atoms with Gasteiger partial charge in [-0.2, -0.15) is 0 Å². The van der Waals surface area contributed by atoms with Crippen LogP contribution in [0.2, 0.25) is 0 Å². The van der Waals surface area contributed by atoms with Crippen molar-refractivity contribution < 1.29 is 13.2 Å². The molecule has 0 saturated carbocycles. The van der Waals surface area contributed by atoms with Gasteiger partial charge in [0, 0.05) is 37.2 Å². The molecular formula is C18H26N4O3S. The number of rotatable bonds is 4. The lowest BCUT2D eigenvalue weighted by molar-refractivity contribution is 0.113. The van der Waals surface area contributed by atoms with Gasteiger partial charge in [-0.3, -0.25) is 0 Å². The molecule has 0 bridgehead atoms. The summed E-state index contributed by atoms with van der Waals surface area (Å²) in [6.45, 7) is 5.75. The Kier molecular flexibility index (Phi) is 5.45. The molecule has 1 atom stereocenters. The van der Waals surface area contributed by atoms with Gasteiger partial charge in [0.2, 0.25) is 5.95 Å². The number of hydrogen-bond donors (Lipinski definition) is 0. The molecule has 2 heterocycles. The van der Waals surface area contributed by atoms with Crippen LogP contribution in [0.25, 0.3) is 10.9 Å². The average molecular weight is 378 g/mol. The van der Waals surface area contributed by atoms with Crippen molar-refractivity contribution in [3.63, 3.8) is 0 Å². The fourth-order valence-electron chi connectivity index (χ4n) is 3.31. The van der Waals surface area contributed by atoms with Crippen LogP contribution in [0, 0.1) is 12.8 Å². The zero-order valence-corrected chi connectivity index (χ0v) is 16.6. The van der Waals surface area contributed by atoms with Crippen LogP contribution >= 0.6 is 0 Å². The lowest BCUT2D eigenvalue weighted by Gasteiger charge is -2.25. The minimum atomic E-state index is -3.27. The molecule has 0 amide bonds. The number of aromatic nitrogens is 2. The standard InChI is InChI=1S/C18H26N4O3S/c1-13-16-6-5-15(26(4,23)24)9-17(16)20-18(19-13)22-7-8-25-12-14(11-22)10-21(2)3/h5-6,9,14H,7-8,10-12H2,1-4H3. The summed E-state index contributed by atoms with van der Waals surface area (Å²) in [6, 6.07) is 5.03. The Labute approximate surface area is 154 Å². The Bertz CT molecular complexity index is 899. The maximum atomic E-state index is 11.9. The van der Waals surface area contributed by atoms with Gasteiger partial charge in [-0.15, -0.1) is 0 Å². The van der Waals surface area contributed by atoms with E-state index in [1.807, 2.05) is 6.92 Å². The van der Waals surface area contributed by atoms with Crippen molar-refractivity contribution in [2.45, 2.75) is 11.8 Å². The quantitative estimate of drug-likeness (QED) is 0.795. The maximum absolute atomic E-state index is 11.9. The molecule has 26 heavy (non-hydrogen) atoms. The second-order valence-corrected chi connectivity index (χ2v) is 9.23. The largest absolute Gasteiger partial charge is 0.379 e. The SMILES string of the molecule is Cc1nc(N2CCOCC(CN(C)C)C2)nc2cc(S(C)(=O)=O)ccc12. The molecule has 1 aliphatic rings. The van der Waals surface area contributed by atoms with E-state index in [9.17, 15) is 8.42 Å². The number of nitrogens with zero attached hydrogens (tertiary/aromatic N) is 4. The van der Waals surface area contributed by atoms with Crippen LogP contribution in [0.5, 0.6) is 0 Å². The van der Waals surface area contributed by atoms with E-state index in [0.29, 0.717) is 24.0 Å². The fourth-order valence-corrected chi connectivity index (χ4v) is 3.95. The first-order chi connectivity index (χ1) is 12.2. The predicted molar refractivity (Wildman–Crippen MR) is 102 cm³/mol. The Morgan fingerprint density at radius 2 is 2.08 bits per heavy atom. The van der Waals surface area contributed by atoms with Gasteiger partial charge in [0.25, 0.3) is 0 Å². The Morgan fingerprint density at radius 3 is 2.77 bits per heavy atom. The van der Waals surface area contributed by atoms with Crippen molar-refractivity contribution in [2.75, 3.05) is 58.1 Å². The molecule has 0 aliphatic carbocycles. The number of benzene rings is 1. The summed E-state index contributed by atoms with van der Waals surface area (Å²) >= 11 is 0. The predicted octanol–water partition coefficient (Wildman–Crippen LogP) is 1.36. The van der Waals surface area contributed by atoms with E-state index in [2.05, 4.69) is 33.9 Å². The number of sulfone groups is 1. The molecule has 8 heteroatoms. The second kappa shape index (κ2) is 7.46. The average Bonchev–Trinajstić information content (AvgIpc) is 2.78. The summed E-state index contributed by atoms with van der Waals surface area (Å²) < 4.78 is 29.5. The molecule has 2 aromatic rings. The summed E-state index contributed by atoms with van der Waals surface area (Å²) in [6.07, 6.45) is 1.21. The molecule has 0 radical (unpaired) electrons. The lowest BCUT2D eigenvalue weighted by Crippen LogP contribution is -2.35. The van der Waals surface area contributed by atoms with Crippen LogP contribution in [-0.2, 0) is 14.6 Å². The number of anilines is 1. The van der Waals surface area contributed by atoms with Crippen molar-refractivity contribution in [3.8, 4) is 0 Å². The summed E-state index contributed by atoms with van der Waals surface area (Å²) in [5, 5.41) is 0.872. The zero-order chi connectivity index (χ0) is 18.9. The molecule has 0 spiro atoms. The van der Waals surface area contributed by atoms with Gasteiger partial charge in [0.05, 0.1) is 29.3 Å². The van der Waals surface area contributed by atoms with Gasteiger partial charge < -0.3 is 14.5 Å². The first-order valence-electron chi connectivity index (χ1n) is 8.70. The third-order valence-corrected chi connectivity index (χ3v) is 5.63. The monoisotopic (exact) mass is 378 g/mol. The molecule has 7 nitrogen and oxygen atoms in total. The van der Waals surface area contributed by atoms with Gasteiger partial charge in [-0.1, -0.05) is 0 Å². The summed E-state index contributed by atoms with van der Waals surface area (Å²) in [5.74, 6) is 1.00. The molecule has 3 rings (SSSR count). The molecule has 1 saturated heterocycles. The van der Waals surface area contributed by atoms with E-state index in [0.717, 1.165) is 37.3 Å². The topological polar surface area (TPSA) is 75.6 Å². The number of hydrogen-bond acceptors (Lipinski definition) is 7. The minimum Gasteiger partial charge on any atom is -0.379 e. The van der Waals surface area contributed by atoms with Gasteiger partial charge >= 0.3 is 0 Å². The van der Waals surface area contributed by atoms with Crippen LogP contribution in [0.4, 0.5) is 5.95 Å². The van der Waals surface area contributed by atoms with Gasteiger partial charge in [-0.25, -0.2) is 18.4 Å². The van der Waals surface area contributed by atoms with E-state index in [-0.39, 0.29) is 4.90 Å². The minimum absolute atomic E-state index is 0.277. The third kappa shape index (κ3) is 4.31. The molecule has 1 aromatic heterocycles. The van der Waals surface area contributed by atoms with Crippen LogP contribution < -0.4 is 4.90 Å². The summed E-state index contributed by atoms with van der Waals surface area (Å²) in [4.78, 5) is 13.9. The highest BCUT2D eigenvalue weighted by Gasteiger charge is 2.22. The summed E-state index contributed by atoms with van der Waals surface area (Å²) in [7, 11) is 0.836. The molecule has 142 valence electrons. The van der Waals surface area contributed by atoms with E-state index in [1.54, 1.807) is 18.2 Å². The van der Waals surface area contributed by atoms with Gasteiger partial charge in [0.15, 0.2) is 9.84 Å². The Morgan fingerprint density at radius 1 is 1.31 bits per heavy atom. The van der Waals surface area contributed by atoms with Crippen molar-refractivity contribution in [2.24, 2.45) is 5.92 Å². The van der Waals surface area contributed by atoms with Crippen LogP contribution in [0.3, 0.4) is 0 Å². The molecule has 1 fully saturated rings. The molecular weight excluding hydrogens is 352 g/mol. The highest BCUT2D eigenvalue weighted by Crippen LogP contribution is 2.23.